The first-order valence-electron chi connectivity index (χ1n) is 7.09. The van der Waals surface area contributed by atoms with Gasteiger partial charge in [-0.15, -0.1) is 0 Å². The minimum atomic E-state index is -3.65. The highest BCUT2D eigenvalue weighted by Gasteiger charge is 2.14. The molecule has 122 valence electrons. The highest BCUT2D eigenvalue weighted by Crippen LogP contribution is 2.19. The van der Waals surface area contributed by atoms with Gasteiger partial charge in [-0.1, -0.05) is 22.9 Å². The number of benzene rings is 2. The van der Waals surface area contributed by atoms with Crippen LogP contribution in [0.15, 0.2) is 57.9 Å². The lowest BCUT2D eigenvalue weighted by molar-refractivity contribution is 0.0953. The van der Waals surface area contributed by atoms with Gasteiger partial charge < -0.3 is 5.32 Å². The minimum Gasteiger partial charge on any atom is -0.352 e. The quantitative estimate of drug-likeness (QED) is 0.785. The molecule has 5 nitrogen and oxygen atoms in total. The SMILES string of the molecule is CCCNC(=O)c1ccc(NS(=O)(=O)c2ccc(Br)cc2)cc1. The van der Waals surface area contributed by atoms with E-state index < -0.39 is 10.0 Å². The van der Waals surface area contributed by atoms with Crippen LogP contribution in [0.25, 0.3) is 0 Å². The number of amides is 1. The molecule has 0 saturated heterocycles. The van der Waals surface area contributed by atoms with E-state index >= 15 is 0 Å². The fraction of sp³-hybridized carbons (Fsp3) is 0.188. The molecule has 0 saturated carbocycles. The molecule has 0 aliphatic heterocycles. The molecule has 0 aliphatic carbocycles. The Morgan fingerprint density at radius 1 is 1.04 bits per heavy atom. The normalized spacial score (nSPS) is 11.0. The van der Waals surface area contributed by atoms with E-state index in [0.29, 0.717) is 17.8 Å². The molecule has 2 N–H and O–H groups in total. The van der Waals surface area contributed by atoms with Crippen molar-refractivity contribution >= 4 is 37.5 Å². The molecule has 2 rings (SSSR count). The standard InChI is InChI=1S/C16H17BrN2O3S/c1-2-11-18-16(20)12-3-7-14(8-4-12)19-23(21,22)15-9-5-13(17)6-10-15/h3-10,19H,2,11H2,1H3,(H,18,20). The fourth-order valence-corrected chi connectivity index (χ4v) is 3.18. The van der Waals surface area contributed by atoms with Gasteiger partial charge in [0.15, 0.2) is 0 Å². The topological polar surface area (TPSA) is 75.3 Å². The molecule has 2 aromatic rings. The van der Waals surface area contributed by atoms with Gasteiger partial charge in [0.05, 0.1) is 4.90 Å². The number of anilines is 1. The molecule has 0 fully saturated rings. The number of hydrogen-bond donors (Lipinski definition) is 2. The number of nitrogens with one attached hydrogen (secondary N) is 2. The van der Waals surface area contributed by atoms with Crippen molar-refractivity contribution in [3.63, 3.8) is 0 Å². The molecule has 0 heterocycles. The number of halogens is 1. The van der Waals surface area contributed by atoms with Crippen LogP contribution in [-0.4, -0.2) is 20.9 Å². The number of hydrogen-bond acceptors (Lipinski definition) is 3. The Labute approximate surface area is 144 Å². The van der Waals surface area contributed by atoms with Crippen LogP contribution >= 0.6 is 15.9 Å². The molecular weight excluding hydrogens is 380 g/mol. The van der Waals surface area contributed by atoms with Crippen molar-refractivity contribution in [2.45, 2.75) is 18.2 Å². The summed E-state index contributed by atoms with van der Waals surface area (Å²) in [5, 5.41) is 2.77. The van der Waals surface area contributed by atoms with Gasteiger partial charge in [0.25, 0.3) is 15.9 Å². The summed E-state index contributed by atoms with van der Waals surface area (Å²) in [6.07, 6.45) is 0.858. The lowest BCUT2D eigenvalue weighted by atomic mass is 10.2. The van der Waals surface area contributed by atoms with Gasteiger partial charge in [-0.2, -0.15) is 0 Å². The van der Waals surface area contributed by atoms with E-state index in [1.165, 1.54) is 12.1 Å². The maximum absolute atomic E-state index is 12.3. The number of carbonyl (C=O) groups is 1. The van der Waals surface area contributed by atoms with Crippen LogP contribution in [0.5, 0.6) is 0 Å². The first-order chi connectivity index (χ1) is 10.9. The summed E-state index contributed by atoms with van der Waals surface area (Å²) < 4.78 is 27.8. The summed E-state index contributed by atoms with van der Waals surface area (Å²) in [7, 11) is -3.65. The smallest absolute Gasteiger partial charge is 0.261 e. The van der Waals surface area contributed by atoms with Crippen LogP contribution in [0.4, 0.5) is 5.69 Å². The lowest BCUT2D eigenvalue weighted by Gasteiger charge is -2.09. The molecule has 0 unspecified atom stereocenters. The molecule has 23 heavy (non-hydrogen) atoms. The Hall–Kier alpha value is -1.86. The maximum atomic E-state index is 12.3. The fourth-order valence-electron chi connectivity index (χ4n) is 1.86. The summed E-state index contributed by atoms with van der Waals surface area (Å²) in [4.78, 5) is 12.0. The van der Waals surface area contributed by atoms with E-state index in [9.17, 15) is 13.2 Å². The predicted octanol–water partition coefficient (Wildman–Crippen LogP) is 3.39. The Kier molecular flexibility index (Phi) is 5.79. The number of carbonyl (C=O) groups excluding carboxylic acids is 1. The van der Waals surface area contributed by atoms with E-state index in [-0.39, 0.29) is 10.8 Å². The van der Waals surface area contributed by atoms with Crippen molar-refractivity contribution in [3.8, 4) is 0 Å². The Balaban J connectivity index is 2.11. The maximum Gasteiger partial charge on any atom is 0.261 e. The Bertz CT molecular complexity index is 772. The average Bonchev–Trinajstić information content (AvgIpc) is 2.53. The van der Waals surface area contributed by atoms with Crippen LogP contribution in [0.3, 0.4) is 0 Å². The van der Waals surface area contributed by atoms with Crippen LogP contribution in [0.1, 0.15) is 23.7 Å². The lowest BCUT2D eigenvalue weighted by Crippen LogP contribution is -2.23. The van der Waals surface area contributed by atoms with Crippen molar-refractivity contribution in [1.82, 2.24) is 5.32 Å². The van der Waals surface area contributed by atoms with E-state index in [1.807, 2.05) is 6.92 Å². The highest BCUT2D eigenvalue weighted by molar-refractivity contribution is 9.10. The second-order valence-corrected chi connectivity index (χ2v) is 7.49. The van der Waals surface area contributed by atoms with Gasteiger partial charge in [-0.25, -0.2) is 8.42 Å². The largest absolute Gasteiger partial charge is 0.352 e. The molecule has 0 aliphatic rings. The van der Waals surface area contributed by atoms with Crippen molar-refractivity contribution in [3.05, 3.63) is 58.6 Å². The summed E-state index contributed by atoms with van der Waals surface area (Å²) in [5.74, 6) is -0.172. The van der Waals surface area contributed by atoms with Crippen LogP contribution in [0, 0.1) is 0 Å². The van der Waals surface area contributed by atoms with E-state index in [2.05, 4.69) is 26.0 Å². The second-order valence-electron chi connectivity index (χ2n) is 4.89. The first-order valence-corrected chi connectivity index (χ1v) is 9.36. The van der Waals surface area contributed by atoms with Gasteiger partial charge >= 0.3 is 0 Å². The van der Waals surface area contributed by atoms with Crippen LogP contribution in [0.2, 0.25) is 0 Å². The average molecular weight is 397 g/mol. The van der Waals surface area contributed by atoms with Crippen LogP contribution < -0.4 is 10.0 Å². The van der Waals surface area contributed by atoms with Gasteiger partial charge in [0.1, 0.15) is 0 Å². The highest BCUT2D eigenvalue weighted by atomic mass is 79.9. The van der Waals surface area contributed by atoms with E-state index in [4.69, 9.17) is 0 Å². The third-order valence-corrected chi connectivity index (χ3v) is 4.98. The molecule has 0 aromatic heterocycles. The van der Waals surface area contributed by atoms with Crippen molar-refractivity contribution in [2.24, 2.45) is 0 Å². The van der Waals surface area contributed by atoms with E-state index in [1.54, 1.807) is 36.4 Å². The van der Waals surface area contributed by atoms with Gasteiger partial charge in [0, 0.05) is 22.3 Å². The number of rotatable bonds is 6. The van der Waals surface area contributed by atoms with Crippen LogP contribution in [-0.2, 0) is 10.0 Å². The predicted molar refractivity (Wildman–Crippen MR) is 94.0 cm³/mol. The number of sulfonamides is 1. The zero-order valence-corrected chi connectivity index (χ0v) is 14.9. The third kappa shape index (κ3) is 4.80. The first kappa shape index (κ1) is 17.5. The summed E-state index contributed by atoms with van der Waals surface area (Å²) in [6, 6.07) is 12.7. The zero-order chi connectivity index (χ0) is 16.9. The van der Waals surface area contributed by atoms with Crippen molar-refractivity contribution < 1.29 is 13.2 Å². The molecule has 0 spiro atoms. The molecule has 0 bridgehead atoms. The summed E-state index contributed by atoms with van der Waals surface area (Å²) in [6.45, 7) is 2.58. The molecule has 1 amide bonds. The molecule has 2 aromatic carbocycles. The molecule has 0 atom stereocenters. The molecule has 7 heteroatoms. The zero-order valence-electron chi connectivity index (χ0n) is 12.5. The Morgan fingerprint density at radius 2 is 1.65 bits per heavy atom. The van der Waals surface area contributed by atoms with Gasteiger partial charge in [-0.3, -0.25) is 9.52 Å². The monoisotopic (exact) mass is 396 g/mol. The second kappa shape index (κ2) is 7.61. The van der Waals surface area contributed by atoms with Crippen molar-refractivity contribution in [2.75, 3.05) is 11.3 Å². The van der Waals surface area contributed by atoms with Gasteiger partial charge in [0.2, 0.25) is 0 Å². The summed E-state index contributed by atoms with van der Waals surface area (Å²) >= 11 is 3.27. The third-order valence-electron chi connectivity index (χ3n) is 3.06. The van der Waals surface area contributed by atoms with Gasteiger partial charge in [-0.05, 0) is 55.0 Å². The Morgan fingerprint density at radius 3 is 2.22 bits per heavy atom. The molecular formula is C16H17BrN2O3S. The van der Waals surface area contributed by atoms with E-state index in [0.717, 1.165) is 10.9 Å². The van der Waals surface area contributed by atoms with Crippen molar-refractivity contribution in [1.29, 1.82) is 0 Å². The minimum absolute atomic E-state index is 0.172. The summed E-state index contributed by atoms with van der Waals surface area (Å²) in [5.41, 5.74) is 0.894. The molecule has 0 radical (unpaired) electrons.